The van der Waals surface area contributed by atoms with Gasteiger partial charge in [0.25, 0.3) is 0 Å². The average molecular weight is 318 g/mol. The van der Waals surface area contributed by atoms with Crippen molar-refractivity contribution < 1.29 is 4.79 Å². The normalized spacial score (nSPS) is 11.5. The third-order valence-corrected chi connectivity index (χ3v) is 2.96. The number of aryl methyl sites for hydroxylation is 2. The van der Waals surface area contributed by atoms with Crippen LogP contribution in [0.2, 0.25) is 0 Å². The maximum Gasteiger partial charge on any atom is 0.248 e. The first-order chi connectivity index (χ1) is 7.95. The molecular weight excluding hydrogens is 307 g/mol. The third kappa shape index (κ3) is 3.63. The molecule has 1 aromatic rings. The van der Waals surface area contributed by atoms with Gasteiger partial charge in [-0.05, 0) is 52.5 Å². The molecule has 0 aliphatic carbocycles. The van der Waals surface area contributed by atoms with Crippen LogP contribution in [0, 0.1) is 13.8 Å². The van der Waals surface area contributed by atoms with Gasteiger partial charge in [0, 0.05) is 9.38 Å². The molecule has 0 heterocycles. The van der Waals surface area contributed by atoms with Crippen molar-refractivity contribution in [2.75, 3.05) is 5.32 Å². The lowest BCUT2D eigenvalue weighted by Crippen LogP contribution is -2.21. The summed E-state index contributed by atoms with van der Waals surface area (Å²) < 4.78 is 0.758. The molecule has 90 valence electrons. The number of benzene rings is 1. The number of carbonyl (C=O) groups is 1. The number of rotatable bonds is 3. The lowest BCUT2D eigenvalue weighted by molar-refractivity contribution is -0.115. The largest absolute Gasteiger partial charge is 0.323 e. The van der Waals surface area contributed by atoms with Gasteiger partial charge in [0.05, 0.1) is 5.69 Å². The molecule has 0 spiro atoms. The Balaban J connectivity index is 2.96. The number of hydrogen-bond donors (Lipinski definition) is 1. The number of alkyl halides is 1. The van der Waals surface area contributed by atoms with Crippen molar-refractivity contribution in [2.45, 2.75) is 19.3 Å². The summed E-state index contributed by atoms with van der Waals surface area (Å²) in [5, 5.41) is 5.72. The zero-order valence-corrected chi connectivity index (χ0v) is 11.6. The van der Waals surface area contributed by atoms with Crippen LogP contribution in [-0.4, -0.2) is 11.4 Å². The van der Waals surface area contributed by atoms with Crippen molar-refractivity contribution in [3.63, 3.8) is 0 Å². The molecule has 0 bridgehead atoms. The molecule has 1 amide bonds. The van der Waals surface area contributed by atoms with E-state index in [9.17, 15) is 4.79 Å². The summed E-state index contributed by atoms with van der Waals surface area (Å²) in [5.41, 5.74) is 9.52. The lowest BCUT2D eigenvalue weighted by Gasteiger charge is -2.12. The highest BCUT2D eigenvalue weighted by atomic mass is 79.9. The van der Waals surface area contributed by atoms with Gasteiger partial charge in [0.15, 0.2) is 5.50 Å². The predicted octanol–water partition coefficient (Wildman–Crippen LogP) is 3.88. The molecule has 5 nitrogen and oxygen atoms in total. The first-order valence-corrected chi connectivity index (χ1v) is 5.94. The van der Waals surface area contributed by atoms with Crippen LogP contribution in [0.3, 0.4) is 0 Å². The summed E-state index contributed by atoms with van der Waals surface area (Å²) in [5.74, 6) is -0.558. The first kappa shape index (κ1) is 13.8. The highest BCUT2D eigenvalue weighted by molar-refractivity contribution is 9.10. The third-order valence-electron chi connectivity index (χ3n) is 2.05. The van der Waals surface area contributed by atoms with Crippen LogP contribution in [0.1, 0.15) is 11.1 Å². The highest BCUT2D eigenvalue weighted by Gasteiger charge is 2.15. The number of halogens is 2. The monoisotopic (exact) mass is 316 g/mol. The molecule has 0 aromatic heterocycles. The van der Waals surface area contributed by atoms with Gasteiger partial charge in [-0.25, -0.2) is 0 Å². The number of nitrogens with zero attached hydrogens (tertiary/aromatic N) is 3. The van der Waals surface area contributed by atoms with E-state index >= 15 is 0 Å². The van der Waals surface area contributed by atoms with Crippen molar-refractivity contribution in [2.24, 2.45) is 5.11 Å². The Morgan fingerprint density at radius 1 is 1.59 bits per heavy atom. The topological polar surface area (TPSA) is 77.9 Å². The molecule has 1 rings (SSSR count). The van der Waals surface area contributed by atoms with Crippen molar-refractivity contribution in [3.8, 4) is 0 Å². The summed E-state index contributed by atoms with van der Waals surface area (Å²) in [7, 11) is 0. The van der Waals surface area contributed by atoms with E-state index in [1.54, 1.807) is 0 Å². The van der Waals surface area contributed by atoms with Crippen LogP contribution >= 0.6 is 27.5 Å². The van der Waals surface area contributed by atoms with Gasteiger partial charge >= 0.3 is 0 Å². The summed E-state index contributed by atoms with van der Waals surface area (Å²) in [4.78, 5) is 14.0. The molecule has 0 aliphatic heterocycles. The Hall–Kier alpha value is -1.23. The lowest BCUT2D eigenvalue weighted by atomic mass is 10.1. The summed E-state index contributed by atoms with van der Waals surface area (Å²) in [6.45, 7) is 3.82. The number of carbonyl (C=O) groups excluding carboxylic acids is 1. The molecule has 0 saturated carbocycles. The molecule has 0 fully saturated rings. The molecule has 1 atom stereocenters. The highest BCUT2D eigenvalue weighted by Crippen LogP contribution is 2.28. The van der Waals surface area contributed by atoms with E-state index in [1.807, 2.05) is 26.0 Å². The minimum atomic E-state index is -1.26. The Kier molecular flexibility index (Phi) is 4.81. The van der Waals surface area contributed by atoms with Gasteiger partial charge in [0.2, 0.25) is 5.91 Å². The van der Waals surface area contributed by atoms with Gasteiger partial charge < -0.3 is 5.32 Å². The zero-order valence-electron chi connectivity index (χ0n) is 9.24. The van der Waals surface area contributed by atoms with E-state index in [1.165, 1.54) is 0 Å². The fraction of sp³-hybridized carbons (Fsp3) is 0.300. The standard InChI is InChI=1S/C10H10BrClN4O/c1-5-3-6(2)8(7(11)4-5)14-10(17)9(12)15-16-13/h3-4,9H,1-2H3,(H,14,17). The minimum absolute atomic E-state index is 0.558. The van der Waals surface area contributed by atoms with Crippen molar-refractivity contribution in [3.05, 3.63) is 38.2 Å². The molecular formula is C10H10BrClN4O. The molecule has 7 heteroatoms. The van der Waals surface area contributed by atoms with E-state index in [2.05, 4.69) is 31.3 Å². The maximum atomic E-state index is 11.6. The summed E-state index contributed by atoms with van der Waals surface area (Å²) in [6.07, 6.45) is 0. The van der Waals surface area contributed by atoms with Crippen molar-refractivity contribution in [1.82, 2.24) is 0 Å². The second kappa shape index (κ2) is 5.91. The number of anilines is 1. The van der Waals surface area contributed by atoms with Gasteiger partial charge in [0.1, 0.15) is 0 Å². The second-order valence-electron chi connectivity index (χ2n) is 3.47. The number of hydrogen-bond acceptors (Lipinski definition) is 2. The van der Waals surface area contributed by atoms with Crippen LogP contribution in [0.5, 0.6) is 0 Å². The van der Waals surface area contributed by atoms with E-state index in [4.69, 9.17) is 17.1 Å². The molecule has 1 N–H and O–H groups in total. The van der Waals surface area contributed by atoms with Gasteiger partial charge in [-0.2, -0.15) is 0 Å². The Morgan fingerprint density at radius 3 is 2.76 bits per heavy atom. The molecule has 1 unspecified atom stereocenters. The van der Waals surface area contributed by atoms with Crippen LogP contribution in [-0.2, 0) is 4.79 Å². The predicted molar refractivity (Wildman–Crippen MR) is 71.0 cm³/mol. The average Bonchev–Trinajstić information content (AvgIpc) is 2.23. The van der Waals surface area contributed by atoms with E-state index < -0.39 is 11.4 Å². The maximum absolute atomic E-state index is 11.6. The molecule has 17 heavy (non-hydrogen) atoms. The van der Waals surface area contributed by atoms with Crippen LogP contribution < -0.4 is 5.32 Å². The Bertz CT molecular complexity index is 476. The van der Waals surface area contributed by atoms with Gasteiger partial charge in [-0.15, -0.1) is 11.6 Å². The molecule has 0 saturated heterocycles. The van der Waals surface area contributed by atoms with Gasteiger partial charge in [-0.1, -0.05) is 11.2 Å². The molecule has 0 aliphatic rings. The SMILES string of the molecule is Cc1cc(C)c(NC(=O)C(Cl)N=[N+]=[N-])c(Br)c1. The Labute approximate surface area is 112 Å². The van der Waals surface area contributed by atoms with E-state index in [0.717, 1.165) is 15.6 Å². The minimum Gasteiger partial charge on any atom is -0.323 e. The first-order valence-electron chi connectivity index (χ1n) is 4.71. The van der Waals surface area contributed by atoms with Gasteiger partial charge in [-0.3, -0.25) is 4.79 Å². The number of azide groups is 1. The summed E-state index contributed by atoms with van der Waals surface area (Å²) in [6, 6.07) is 3.80. The second-order valence-corrected chi connectivity index (χ2v) is 4.74. The van der Waals surface area contributed by atoms with E-state index in [0.29, 0.717) is 5.69 Å². The zero-order chi connectivity index (χ0) is 13.0. The Morgan fingerprint density at radius 2 is 2.24 bits per heavy atom. The van der Waals surface area contributed by atoms with Crippen LogP contribution in [0.25, 0.3) is 10.4 Å². The van der Waals surface area contributed by atoms with Crippen LogP contribution in [0.4, 0.5) is 5.69 Å². The molecule has 0 radical (unpaired) electrons. The fourth-order valence-electron chi connectivity index (χ4n) is 1.35. The number of amides is 1. The quantitative estimate of drug-likeness (QED) is 0.296. The summed E-state index contributed by atoms with van der Waals surface area (Å²) >= 11 is 8.92. The fourth-order valence-corrected chi connectivity index (χ4v) is 2.22. The smallest absolute Gasteiger partial charge is 0.248 e. The van der Waals surface area contributed by atoms with Crippen molar-refractivity contribution in [1.29, 1.82) is 0 Å². The molecule has 1 aromatic carbocycles. The van der Waals surface area contributed by atoms with E-state index in [-0.39, 0.29) is 0 Å². The van der Waals surface area contributed by atoms with Crippen LogP contribution in [0.15, 0.2) is 21.7 Å². The number of nitrogens with one attached hydrogen (secondary N) is 1. The van der Waals surface area contributed by atoms with Crippen molar-refractivity contribution >= 4 is 39.1 Å².